The molecule has 2 aromatic rings. The van der Waals surface area contributed by atoms with Gasteiger partial charge in [-0.2, -0.15) is 5.10 Å². The molecular formula is C8H10N6OS. The van der Waals surface area contributed by atoms with Crippen molar-refractivity contribution in [1.82, 2.24) is 25.5 Å². The molecule has 0 saturated carbocycles. The molecule has 2 aromatic heterocycles. The first-order valence-electron chi connectivity index (χ1n) is 4.56. The third kappa shape index (κ3) is 2.41. The van der Waals surface area contributed by atoms with Gasteiger partial charge in [0.15, 0.2) is 0 Å². The minimum atomic E-state index is -0.243. The highest BCUT2D eigenvalue weighted by Gasteiger charge is 2.10. The molecule has 0 unspecified atom stereocenters. The molecule has 1 amide bonds. The molecule has 2 heterocycles. The SMILES string of the molecule is NCc1nc(C(=O)NCc2ncn[nH]2)cs1. The lowest BCUT2D eigenvalue weighted by atomic mass is 10.4. The number of nitrogens with two attached hydrogens (primary N) is 1. The zero-order chi connectivity index (χ0) is 11.4. The predicted octanol–water partition coefficient (Wildman–Crippen LogP) is -0.350. The molecule has 84 valence electrons. The van der Waals surface area contributed by atoms with E-state index in [1.165, 1.54) is 17.7 Å². The Bertz CT molecular complexity index is 465. The largest absolute Gasteiger partial charge is 0.343 e. The Balaban J connectivity index is 1.93. The molecule has 0 fully saturated rings. The second-order valence-electron chi connectivity index (χ2n) is 2.95. The van der Waals surface area contributed by atoms with Gasteiger partial charge in [0.2, 0.25) is 0 Å². The number of nitrogens with zero attached hydrogens (tertiary/aromatic N) is 3. The zero-order valence-electron chi connectivity index (χ0n) is 8.30. The summed E-state index contributed by atoms with van der Waals surface area (Å²) in [7, 11) is 0. The molecule has 8 heteroatoms. The fourth-order valence-corrected chi connectivity index (χ4v) is 1.73. The molecular weight excluding hydrogens is 228 g/mol. The Kier molecular flexibility index (Phi) is 3.22. The maximum Gasteiger partial charge on any atom is 0.271 e. The first kappa shape index (κ1) is 10.7. The van der Waals surface area contributed by atoms with Crippen molar-refractivity contribution < 1.29 is 4.79 Å². The third-order valence-electron chi connectivity index (χ3n) is 1.84. The number of thiazole rings is 1. The van der Waals surface area contributed by atoms with Gasteiger partial charge >= 0.3 is 0 Å². The van der Waals surface area contributed by atoms with Crippen LogP contribution in [0.25, 0.3) is 0 Å². The molecule has 0 atom stereocenters. The van der Waals surface area contributed by atoms with Crippen molar-refractivity contribution in [3.8, 4) is 0 Å². The van der Waals surface area contributed by atoms with Crippen molar-refractivity contribution in [2.75, 3.05) is 0 Å². The van der Waals surface area contributed by atoms with E-state index in [-0.39, 0.29) is 5.91 Å². The third-order valence-corrected chi connectivity index (χ3v) is 2.71. The maximum atomic E-state index is 11.6. The summed E-state index contributed by atoms with van der Waals surface area (Å²) in [4.78, 5) is 19.5. The summed E-state index contributed by atoms with van der Waals surface area (Å²) >= 11 is 1.37. The maximum absolute atomic E-state index is 11.6. The number of aromatic amines is 1. The molecule has 4 N–H and O–H groups in total. The van der Waals surface area contributed by atoms with Gasteiger partial charge in [-0.3, -0.25) is 9.89 Å². The van der Waals surface area contributed by atoms with E-state index >= 15 is 0 Å². The second kappa shape index (κ2) is 4.81. The Labute approximate surface area is 95.1 Å². The summed E-state index contributed by atoms with van der Waals surface area (Å²) in [6, 6.07) is 0. The van der Waals surface area contributed by atoms with Gasteiger partial charge in [-0.1, -0.05) is 0 Å². The van der Waals surface area contributed by atoms with Crippen molar-refractivity contribution in [2.45, 2.75) is 13.1 Å². The van der Waals surface area contributed by atoms with Gasteiger partial charge < -0.3 is 11.1 Å². The number of hydrogen-bond donors (Lipinski definition) is 3. The molecule has 2 rings (SSSR count). The predicted molar refractivity (Wildman–Crippen MR) is 57.6 cm³/mol. The van der Waals surface area contributed by atoms with Crippen LogP contribution in [0.15, 0.2) is 11.7 Å². The number of rotatable bonds is 4. The topological polar surface area (TPSA) is 110 Å². The van der Waals surface area contributed by atoms with Crippen LogP contribution in [0.1, 0.15) is 21.3 Å². The number of nitrogens with one attached hydrogen (secondary N) is 2. The monoisotopic (exact) mass is 238 g/mol. The lowest BCUT2D eigenvalue weighted by Crippen LogP contribution is -2.23. The molecule has 0 saturated heterocycles. The summed E-state index contributed by atoms with van der Waals surface area (Å²) < 4.78 is 0. The molecule has 0 radical (unpaired) electrons. The first-order valence-corrected chi connectivity index (χ1v) is 5.44. The fourth-order valence-electron chi connectivity index (χ4n) is 1.08. The Morgan fingerprint density at radius 2 is 2.50 bits per heavy atom. The standard InChI is InChI=1S/C8H10N6OS/c9-1-7-13-5(3-16-7)8(15)10-2-6-11-4-12-14-6/h3-4H,1-2,9H2,(H,10,15)(H,11,12,14). The smallest absolute Gasteiger partial charge is 0.271 e. The number of aromatic nitrogens is 4. The van der Waals surface area contributed by atoms with Crippen LogP contribution in [0.5, 0.6) is 0 Å². The van der Waals surface area contributed by atoms with Gasteiger partial charge in [0.05, 0.1) is 6.54 Å². The zero-order valence-corrected chi connectivity index (χ0v) is 9.12. The van der Waals surface area contributed by atoms with Gasteiger partial charge in [0.1, 0.15) is 22.9 Å². The van der Waals surface area contributed by atoms with E-state index in [0.29, 0.717) is 24.6 Å². The molecule has 0 bridgehead atoms. The van der Waals surface area contributed by atoms with Crippen LogP contribution >= 0.6 is 11.3 Å². The lowest BCUT2D eigenvalue weighted by molar-refractivity contribution is 0.0945. The van der Waals surface area contributed by atoms with Crippen molar-refractivity contribution in [3.63, 3.8) is 0 Å². The van der Waals surface area contributed by atoms with Crippen molar-refractivity contribution in [3.05, 3.63) is 28.2 Å². The average molecular weight is 238 g/mol. The summed E-state index contributed by atoms with van der Waals surface area (Å²) in [6.07, 6.45) is 1.39. The molecule has 0 aliphatic carbocycles. The van der Waals surface area contributed by atoms with Gasteiger partial charge in [-0.25, -0.2) is 9.97 Å². The number of carbonyl (C=O) groups excluding carboxylic acids is 1. The minimum absolute atomic E-state index is 0.243. The van der Waals surface area contributed by atoms with E-state index in [0.717, 1.165) is 5.01 Å². The van der Waals surface area contributed by atoms with Crippen LogP contribution in [0.2, 0.25) is 0 Å². The van der Waals surface area contributed by atoms with Gasteiger partial charge in [-0.15, -0.1) is 11.3 Å². The van der Waals surface area contributed by atoms with Crippen LogP contribution in [-0.2, 0) is 13.1 Å². The number of hydrogen-bond acceptors (Lipinski definition) is 6. The molecule has 16 heavy (non-hydrogen) atoms. The highest BCUT2D eigenvalue weighted by molar-refractivity contribution is 7.09. The summed E-state index contributed by atoms with van der Waals surface area (Å²) in [6.45, 7) is 0.647. The van der Waals surface area contributed by atoms with Crippen LogP contribution in [0, 0.1) is 0 Å². The minimum Gasteiger partial charge on any atom is -0.343 e. The van der Waals surface area contributed by atoms with Gasteiger partial charge in [0.25, 0.3) is 5.91 Å². The molecule has 7 nitrogen and oxygen atoms in total. The Morgan fingerprint density at radius 3 is 3.12 bits per heavy atom. The Morgan fingerprint density at radius 1 is 1.62 bits per heavy atom. The number of carbonyl (C=O) groups is 1. The molecule has 0 spiro atoms. The van der Waals surface area contributed by atoms with E-state index in [2.05, 4.69) is 25.5 Å². The van der Waals surface area contributed by atoms with Crippen LogP contribution in [0.4, 0.5) is 0 Å². The highest BCUT2D eigenvalue weighted by atomic mass is 32.1. The molecule has 0 aromatic carbocycles. The highest BCUT2D eigenvalue weighted by Crippen LogP contribution is 2.08. The van der Waals surface area contributed by atoms with Gasteiger partial charge in [0, 0.05) is 11.9 Å². The van der Waals surface area contributed by atoms with Crippen molar-refractivity contribution >= 4 is 17.2 Å². The van der Waals surface area contributed by atoms with E-state index in [9.17, 15) is 4.79 Å². The van der Waals surface area contributed by atoms with Crippen LogP contribution in [0.3, 0.4) is 0 Å². The molecule has 0 aliphatic heterocycles. The normalized spacial score (nSPS) is 10.3. The first-order chi connectivity index (χ1) is 7.79. The summed E-state index contributed by atoms with van der Waals surface area (Å²) in [5, 5.41) is 11.4. The average Bonchev–Trinajstić information content (AvgIpc) is 2.96. The second-order valence-corrected chi connectivity index (χ2v) is 3.89. The summed E-state index contributed by atoms with van der Waals surface area (Å²) in [5.74, 6) is 0.356. The summed E-state index contributed by atoms with van der Waals surface area (Å²) in [5.41, 5.74) is 5.79. The van der Waals surface area contributed by atoms with Crippen LogP contribution < -0.4 is 11.1 Å². The molecule has 0 aliphatic rings. The van der Waals surface area contributed by atoms with E-state index in [1.54, 1.807) is 5.38 Å². The van der Waals surface area contributed by atoms with Crippen molar-refractivity contribution in [2.24, 2.45) is 5.73 Å². The van der Waals surface area contributed by atoms with Gasteiger partial charge in [-0.05, 0) is 0 Å². The lowest BCUT2D eigenvalue weighted by Gasteiger charge is -1.99. The Hall–Kier alpha value is -1.80. The number of amides is 1. The van der Waals surface area contributed by atoms with E-state index < -0.39 is 0 Å². The van der Waals surface area contributed by atoms with Crippen LogP contribution in [-0.4, -0.2) is 26.1 Å². The van der Waals surface area contributed by atoms with Crippen molar-refractivity contribution in [1.29, 1.82) is 0 Å². The van der Waals surface area contributed by atoms with E-state index in [4.69, 9.17) is 5.73 Å². The quantitative estimate of drug-likeness (QED) is 0.674. The number of H-pyrrole nitrogens is 1. The fraction of sp³-hybridized carbons (Fsp3) is 0.250. The van der Waals surface area contributed by atoms with E-state index in [1.807, 2.05) is 0 Å².